The fraction of sp³-hybridized carbons (Fsp3) is 0.812. The molecule has 0 radical (unpaired) electrons. The standard InChI is InChI=1S/C32H58O14S/c1-2-3-9-35-10-11-36-12-13-37-14-15-38-16-17-39-18-19-40-20-21-41-22-23-42-24-25-43-26-27-44-28-29-45-30-31-46-47(33,34)32-7-5-4-6-8-32/h4-8H,2-3,9-31H2,1H3. The minimum Gasteiger partial charge on any atom is -0.379 e. The van der Waals surface area contributed by atoms with Crippen molar-refractivity contribution in [2.45, 2.75) is 24.7 Å². The van der Waals surface area contributed by atoms with Gasteiger partial charge in [-0.25, -0.2) is 0 Å². The number of rotatable bonds is 38. The van der Waals surface area contributed by atoms with Gasteiger partial charge in [0.2, 0.25) is 0 Å². The van der Waals surface area contributed by atoms with Gasteiger partial charge in [0.1, 0.15) is 0 Å². The van der Waals surface area contributed by atoms with Gasteiger partial charge in [0.15, 0.2) is 0 Å². The average Bonchev–Trinajstić information content (AvgIpc) is 3.08. The first-order valence-electron chi connectivity index (χ1n) is 16.5. The fourth-order valence-corrected chi connectivity index (χ4v) is 4.32. The van der Waals surface area contributed by atoms with Gasteiger partial charge in [0, 0.05) is 6.61 Å². The van der Waals surface area contributed by atoms with Crippen molar-refractivity contribution in [2.75, 3.05) is 152 Å². The maximum Gasteiger partial charge on any atom is 0.297 e. The summed E-state index contributed by atoms with van der Waals surface area (Å²) in [6.07, 6.45) is 2.23. The molecule has 0 aliphatic rings. The molecule has 0 aliphatic carbocycles. The molecule has 1 aromatic carbocycles. The third-order valence-electron chi connectivity index (χ3n) is 5.86. The Hall–Kier alpha value is -1.31. The highest BCUT2D eigenvalue weighted by Crippen LogP contribution is 2.10. The predicted molar refractivity (Wildman–Crippen MR) is 173 cm³/mol. The van der Waals surface area contributed by atoms with Crippen molar-refractivity contribution in [3.63, 3.8) is 0 Å². The molecule has 0 atom stereocenters. The Morgan fingerprint density at radius 1 is 0.383 bits per heavy atom. The second kappa shape index (κ2) is 34.5. The van der Waals surface area contributed by atoms with E-state index >= 15 is 0 Å². The number of hydrogen-bond acceptors (Lipinski definition) is 14. The van der Waals surface area contributed by atoms with Crippen molar-refractivity contribution < 1.29 is 64.7 Å². The molecular weight excluding hydrogens is 640 g/mol. The van der Waals surface area contributed by atoms with E-state index in [-0.39, 0.29) is 18.1 Å². The molecule has 0 saturated carbocycles. The summed E-state index contributed by atoms with van der Waals surface area (Å²) in [7, 11) is -3.76. The molecule has 14 nitrogen and oxygen atoms in total. The van der Waals surface area contributed by atoms with Gasteiger partial charge >= 0.3 is 0 Å². The van der Waals surface area contributed by atoms with Gasteiger partial charge in [-0.1, -0.05) is 31.5 Å². The number of unbranched alkanes of at least 4 members (excludes halogenated alkanes) is 1. The first-order valence-corrected chi connectivity index (χ1v) is 17.9. The second-order valence-corrected chi connectivity index (χ2v) is 11.3. The molecule has 0 saturated heterocycles. The van der Waals surface area contributed by atoms with E-state index in [0.29, 0.717) is 132 Å². The topological polar surface area (TPSA) is 145 Å². The van der Waals surface area contributed by atoms with E-state index in [1.807, 2.05) is 0 Å². The molecule has 0 spiro atoms. The zero-order chi connectivity index (χ0) is 33.8. The summed E-state index contributed by atoms with van der Waals surface area (Å²) < 4.78 is 88.7. The van der Waals surface area contributed by atoms with Crippen LogP contribution >= 0.6 is 0 Å². The van der Waals surface area contributed by atoms with E-state index in [9.17, 15) is 8.42 Å². The molecule has 47 heavy (non-hydrogen) atoms. The van der Waals surface area contributed by atoms with Crippen molar-refractivity contribution in [3.8, 4) is 0 Å². The normalized spacial score (nSPS) is 11.9. The zero-order valence-electron chi connectivity index (χ0n) is 28.2. The van der Waals surface area contributed by atoms with Crippen LogP contribution in [0, 0.1) is 0 Å². The molecule has 1 aromatic rings. The third kappa shape index (κ3) is 30.5. The summed E-state index contributed by atoms with van der Waals surface area (Å²) in [6, 6.07) is 7.98. The molecule has 1 rings (SSSR count). The van der Waals surface area contributed by atoms with Crippen LogP contribution in [0.4, 0.5) is 0 Å². The third-order valence-corrected chi connectivity index (χ3v) is 7.19. The molecule has 0 amide bonds. The van der Waals surface area contributed by atoms with Crippen LogP contribution in [0.1, 0.15) is 19.8 Å². The summed E-state index contributed by atoms with van der Waals surface area (Å²) in [5, 5.41) is 0. The number of ether oxygens (including phenoxy) is 11. The number of hydrogen-bond donors (Lipinski definition) is 0. The Kier molecular flexibility index (Phi) is 32.1. The summed E-state index contributed by atoms with van der Waals surface area (Å²) >= 11 is 0. The van der Waals surface area contributed by atoms with Crippen molar-refractivity contribution in [1.82, 2.24) is 0 Å². The van der Waals surface area contributed by atoms with Crippen molar-refractivity contribution in [2.24, 2.45) is 0 Å². The van der Waals surface area contributed by atoms with E-state index in [0.717, 1.165) is 19.4 Å². The van der Waals surface area contributed by atoms with E-state index in [2.05, 4.69) is 6.92 Å². The Labute approximate surface area is 281 Å². The molecular formula is C32H58O14S. The summed E-state index contributed by atoms with van der Waals surface area (Å²) in [5.74, 6) is 0. The van der Waals surface area contributed by atoms with Gasteiger partial charge in [-0.3, -0.25) is 4.18 Å². The first kappa shape index (κ1) is 43.7. The highest BCUT2D eigenvalue weighted by Gasteiger charge is 2.13. The van der Waals surface area contributed by atoms with Crippen molar-refractivity contribution in [3.05, 3.63) is 30.3 Å². The molecule has 276 valence electrons. The quantitative estimate of drug-likeness (QED) is 0.0736. The average molecular weight is 699 g/mol. The monoisotopic (exact) mass is 698 g/mol. The van der Waals surface area contributed by atoms with Crippen LogP contribution in [0.2, 0.25) is 0 Å². The van der Waals surface area contributed by atoms with Crippen LogP contribution in [-0.4, -0.2) is 160 Å². The fourth-order valence-electron chi connectivity index (χ4n) is 3.41. The maximum absolute atomic E-state index is 12.0. The molecule has 0 aliphatic heterocycles. The van der Waals surface area contributed by atoms with E-state index in [1.165, 1.54) is 12.1 Å². The van der Waals surface area contributed by atoms with E-state index in [1.54, 1.807) is 18.2 Å². The van der Waals surface area contributed by atoms with Crippen molar-refractivity contribution in [1.29, 1.82) is 0 Å². The van der Waals surface area contributed by atoms with Crippen LogP contribution in [0.15, 0.2) is 35.2 Å². The maximum atomic E-state index is 12.0. The van der Waals surface area contributed by atoms with Crippen LogP contribution in [0.3, 0.4) is 0 Å². The summed E-state index contributed by atoms with van der Waals surface area (Å²) in [6.45, 7) is 12.8. The first-order chi connectivity index (χ1) is 23.2. The lowest BCUT2D eigenvalue weighted by Gasteiger charge is -2.09. The summed E-state index contributed by atoms with van der Waals surface area (Å²) in [5.41, 5.74) is 0. The Balaban J connectivity index is 1.65. The smallest absolute Gasteiger partial charge is 0.297 e. The Morgan fingerprint density at radius 3 is 0.915 bits per heavy atom. The minimum absolute atomic E-state index is 0.0577. The second-order valence-electron chi connectivity index (χ2n) is 9.68. The van der Waals surface area contributed by atoms with Gasteiger partial charge < -0.3 is 52.1 Å². The largest absolute Gasteiger partial charge is 0.379 e. The molecule has 0 N–H and O–H groups in total. The van der Waals surface area contributed by atoms with E-state index in [4.69, 9.17) is 56.3 Å². The van der Waals surface area contributed by atoms with Crippen molar-refractivity contribution >= 4 is 10.1 Å². The van der Waals surface area contributed by atoms with Crippen LogP contribution in [-0.2, 0) is 66.4 Å². The number of benzene rings is 1. The Bertz CT molecular complexity index is 863. The van der Waals surface area contributed by atoms with Crippen LogP contribution in [0.25, 0.3) is 0 Å². The van der Waals surface area contributed by atoms with Gasteiger partial charge in [0.25, 0.3) is 10.1 Å². The minimum atomic E-state index is -3.76. The van der Waals surface area contributed by atoms with Gasteiger partial charge in [-0.05, 0) is 18.6 Å². The van der Waals surface area contributed by atoms with Gasteiger partial charge in [0.05, 0.1) is 150 Å². The molecule has 15 heteroatoms. The van der Waals surface area contributed by atoms with E-state index < -0.39 is 10.1 Å². The summed E-state index contributed by atoms with van der Waals surface area (Å²) in [4.78, 5) is 0.121. The zero-order valence-corrected chi connectivity index (χ0v) is 29.0. The lowest BCUT2D eigenvalue weighted by atomic mass is 10.4. The van der Waals surface area contributed by atoms with Crippen LogP contribution in [0.5, 0.6) is 0 Å². The molecule has 0 bridgehead atoms. The predicted octanol–water partition coefficient (Wildman–Crippen LogP) is 2.37. The van der Waals surface area contributed by atoms with Crippen LogP contribution < -0.4 is 0 Å². The molecule has 0 unspecified atom stereocenters. The highest BCUT2D eigenvalue weighted by molar-refractivity contribution is 7.86. The van der Waals surface area contributed by atoms with Gasteiger partial charge in [-0.2, -0.15) is 8.42 Å². The lowest BCUT2D eigenvalue weighted by Crippen LogP contribution is -2.16. The molecule has 0 aromatic heterocycles. The molecule has 0 heterocycles. The highest BCUT2D eigenvalue weighted by atomic mass is 32.2. The lowest BCUT2D eigenvalue weighted by molar-refractivity contribution is -0.0277. The molecule has 0 fully saturated rings. The van der Waals surface area contributed by atoms with Gasteiger partial charge in [-0.15, -0.1) is 0 Å². The SMILES string of the molecule is CCCCOCCOCCOCCOCCOCCOCCOCCOCCOCCOCCOCCOS(=O)(=O)c1ccccc1. The Morgan fingerprint density at radius 2 is 0.638 bits per heavy atom.